The number of rotatable bonds is 8. The van der Waals surface area contributed by atoms with Crippen molar-refractivity contribution in [1.29, 1.82) is 0 Å². The first-order valence-electron chi connectivity index (χ1n) is 42.7. The van der Waals surface area contributed by atoms with Gasteiger partial charge in [0, 0.05) is 33.9 Å². The minimum Gasteiger partial charge on any atom is -0.311 e. The smallest absolute Gasteiger partial charge is 0.252 e. The molecule has 2 heterocycles. The molecule has 0 fully saturated rings. The number of nitrogens with zero attached hydrogens (tertiary/aromatic N) is 2. The summed E-state index contributed by atoms with van der Waals surface area (Å²) in [6, 6.07) is -57.1. The third-order valence-electron chi connectivity index (χ3n) is 10.9. The van der Waals surface area contributed by atoms with Crippen molar-refractivity contribution in [2.75, 3.05) is 9.80 Å². The maximum absolute atomic E-state index is 10.9. The van der Waals surface area contributed by atoms with Crippen LogP contribution in [0.4, 0.5) is 34.1 Å². The Bertz CT molecular complexity index is 5900. The Kier molecular flexibility index (Phi) is 3.78. The molecule has 2 aliphatic rings. The molecule has 3 heteroatoms. The van der Waals surface area contributed by atoms with Crippen molar-refractivity contribution in [3.63, 3.8) is 0 Å². The van der Waals surface area contributed by atoms with Crippen molar-refractivity contribution < 1.29 is 61.7 Å². The van der Waals surface area contributed by atoms with Crippen LogP contribution in [0, 0.1) is 0 Å². The zero-order chi connectivity index (χ0) is 84.8. The zero-order valence-corrected chi connectivity index (χ0v) is 34.5. The van der Waals surface area contributed by atoms with Gasteiger partial charge in [-0.25, -0.2) is 0 Å². The second-order valence-electron chi connectivity index (χ2n) is 14.6. The number of para-hydroxylation sites is 2. The number of anilines is 6. The molecule has 2 aliphatic heterocycles. The highest BCUT2D eigenvalue weighted by Gasteiger charge is 2.44. The van der Waals surface area contributed by atoms with Crippen molar-refractivity contribution in [3.05, 3.63) is 272 Å². The summed E-state index contributed by atoms with van der Waals surface area (Å²) in [6.45, 7) is -2.65. The molecule has 0 amide bonds. The first kappa shape index (κ1) is 15.3. The second-order valence-corrected chi connectivity index (χ2v) is 14.6. The van der Waals surface area contributed by atoms with Crippen LogP contribution in [0.5, 0.6) is 0 Å². The zero-order valence-electron chi connectivity index (χ0n) is 79.5. The van der Waals surface area contributed by atoms with E-state index in [-0.39, 0.29) is 0 Å². The molecule has 0 N–H and O–H groups in total. The molecule has 0 bridgehead atoms. The summed E-state index contributed by atoms with van der Waals surface area (Å²) in [5, 5.41) is 0. The first-order chi connectivity index (χ1) is 53.0. The maximum atomic E-state index is 10.9. The standard InChI is InChI=1S/C66H45BN2/c1-5-22-46(23-6-1)52-30-13-15-32-54(52)50-40-42-58-64(44-50)68(60-36-19-17-34-56(60)48-26-9-3-10-27-48)62-38-21-39-63-66(62)67(58)59-43-41-51(55-33-16-14-31-53(55)47-24-7-2-8-25-47)45-65(59)69(63)61-37-20-18-35-57(61)49-28-11-4-12-29-49/h1-45H/i1D,2D,3D,4D,5D,6D,7D,8D,9D,10D,11D,12D,13D,14D,15D,16D,17D,18D,19D,20D,21D,22D,23D,24D,25D,26D,27D,28D,29D,30D,31D,32D,33D,34D,35D,36D,37D,38D,39D,40D,41D,42D,43D,44D,45D. The van der Waals surface area contributed by atoms with Gasteiger partial charge in [0.25, 0.3) is 6.71 Å². The molecule has 0 saturated carbocycles. The minimum absolute atomic E-state index is 0.394. The molecule has 0 aromatic heterocycles. The molecule has 322 valence electrons. The second kappa shape index (κ2) is 17.1. The molecule has 2 nitrogen and oxygen atoms in total. The van der Waals surface area contributed by atoms with Gasteiger partial charge in [-0.15, -0.1) is 0 Å². The van der Waals surface area contributed by atoms with Gasteiger partial charge in [-0.2, -0.15) is 0 Å². The summed E-state index contributed by atoms with van der Waals surface area (Å²) in [5.41, 5.74) is -24.7. The van der Waals surface area contributed by atoms with Gasteiger partial charge in [0.1, 0.15) is 0 Å². The molecule has 13 rings (SSSR count). The minimum atomic E-state index is -2.65. The molecule has 0 saturated heterocycles. The van der Waals surface area contributed by atoms with Crippen LogP contribution in [0.25, 0.3) is 66.8 Å². The predicted molar refractivity (Wildman–Crippen MR) is 293 cm³/mol. The molecule has 0 atom stereocenters. The highest BCUT2D eigenvalue weighted by molar-refractivity contribution is 7.00. The average molecular weight is 922 g/mol. The summed E-state index contributed by atoms with van der Waals surface area (Å²) < 4.78 is 424. The maximum Gasteiger partial charge on any atom is 0.252 e. The lowest BCUT2D eigenvalue weighted by Gasteiger charge is -2.45. The van der Waals surface area contributed by atoms with Crippen molar-refractivity contribution in [2.24, 2.45) is 0 Å². The van der Waals surface area contributed by atoms with Crippen LogP contribution in [0.1, 0.15) is 61.7 Å². The van der Waals surface area contributed by atoms with E-state index < -0.39 is 396 Å². The Balaban J connectivity index is 1.38. The van der Waals surface area contributed by atoms with E-state index in [2.05, 4.69) is 0 Å². The van der Waals surface area contributed by atoms with Crippen molar-refractivity contribution in [3.8, 4) is 66.8 Å². The molecule has 11 aromatic carbocycles. The van der Waals surface area contributed by atoms with Crippen LogP contribution in [0.15, 0.2) is 272 Å². The van der Waals surface area contributed by atoms with Gasteiger partial charge >= 0.3 is 0 Å². The third-order valence-corrected chi connectivity index (χ3v) is 10.9. The topological polar surface area (TPSA) is 6.48 Å². The fourth-order valence-electron chi connectivity index (χ4n) is 8.14. The van der Waals surface area contributed by atoms with Gasteiger partial charge in [0.05, 0.1) is 73.1 Å². The average Bonchev–Trinajstić information content (AvgIpc) is 0.663. The summed E-state index contributed by atoms with van der Waals surface area (Å²) in [6.07, 6.45) is 0. The van der Waals surface area contributed by atoms with E-state index in [9.17, 15) is 31.5 Å². The summed E-state index contributed by atoms with van der Waals surface area (Å²) in [4.78, 5) is 0.789. The van der Waals surface area contributed by atoms with E-state index in [0.29, 0.717) is 9.80 Å². The third kappa shape index (κ3) is 6.90. The molecule has 0 aliphatic carbocycles. The van der Waals surface area contributed by atoms with Crippen molar-refractivity contribution in [2.45, 2.75) is 0 Å². The lowest BCUT2D eigenvalue weighted by molar-refractivity contribution is 1.25. The number of hydrogen-bond donors (Lipinski definition) is 0. The largest absolute Gasteiger partial charge is 0.311 e. The van der Waals surface area contributed by atoms with Crippen LogP contribution in [0.3, 0.4) is 0 Å². The predicted octanol–water partition coefficient (Wildman–Crippen LogP) is 15.8. The van der Waals surface area contributed by atoms with Gasteiger partial charge in [0.15, 0.2) is 0 Å². The molecular weight excluding hydrogens is 832 g/mol. The number of fused-ring (bicyclic) bond motifs is 4. The number of hydrogen-bond acceptors (Lipinski definition) is 2. The van der Waals surface area contributed by atoms with E-state index in [1.54, 1.807) is 0 Å². The van der Waals surface area contributed by atoms with Crippen molar-refractivity contribution >= 4 is 57.2 Å². The Hall–Kier alpha value is -8.92. The molecule has 69 heavy (non-hydrogen) atoms. The van der Waals surface area contributed by atoms with Gasteiger partial charge in [-0.3, -0.25) is 0 Å². The van der Waals surface area contributed by atoms with E-state index in [1.807, 2.05) is 0 Å². The van der Waals surface area contributed by atoms with E-state index in [4.69, 9.17) is 30.2 Å². The Morgan fingerprint density at radius 3 is 0.899 bits per heavy atom. The molecular formula is C66H45BN2. The van der Waals surface area contributed by atoms with Crippen LogP contribution in [-0.4, -0.2) is 6.71 Å². The van der Waals surface area contributed by atoms with Gasteiger partial charge in [-0.05, 0) is 108 Å². The van der Waals surface area contributed by atoms with Crippen LogP contribution < -0.4 is 26.2 Å². The summed E-state index contributed by atoms with van der Waals surface area (Å²) >= 11 is 0. The molecule has 0 unspecified atom stereocenters. The highest BCUT2D eigenvalue weighted by Crippen LogP contribution is 2.49. The lowest BCUT2D eigenvalue weighted by Crippen LogP contribution is -2.61. The fraction of sp³-hybridized carbons (Fsp3) is 0. The van der Waals surface area contributed by atoms with Gasteiger partial charge in [-0.1, -0.05) is 236 Å². The summed E-state index contributed by atoms with van der Waals surface area (Å²) in [7, 11) is 0. The lowest BCUT2D eigenvalue weighted by atomic mass is 9.33. The monoisotopic (exact) mass is 922 g/mol. The van der Waals surface area contributed by atoms with E-state index >= 15 is 0 Å². The van der Waals surface area contributed by atoms with Crippen molar-refractivity contribution in [1.82, 2.24) is 0 Å². The molecule has 0 spiro atoms. The first-order valence-corrected chi connectivity index (χ1v) is 20.2. The quantitative estimate of drug-likeness (QED) is 0.140. The van der Waals surface area contributed by atoms with E-state index in [0.717, 1.165) is 0 Å². The molecule has 11 aromatic rings. The Morgan fingerprint density at radius 1 is 0.232 bits per heavy atom. The number of benzene rings is 11. The van der Waals surface area contributed by atoms with Gasteiger partial charge in [0.2, 0.25) is 0 Å². The van der Waals surface area contributed by atoms with Crippen LogP contribution in [0.2, 0.25) is 0 Å². The van der Waals surface area contributed by atoms with Gasteiger partial charge < -0.3 is 9.80 Å². The summed E-state index contributed by atoms with van der Waals surface area (Å²) in [5.74, 6) is 0. The SMILES string of the molecule is [2H]c1c([2H])c([2H])c(-c2c([2H])c([2H])c([2H])c([2H])c2-c2c([2H])c([2H])c3c(c2[2H])N(c2c([2H])c([2H])c([2H])c([2H])c2-c2c([2H])c([2H])c([2H])c([2H])c2[2H])c2c([2H])c([2H])c([2H])c4c2B3c2c([2H])c([2H])c(-c3c([2H])c([2H])c([2H])c([2H])c3-c3c([2H])c([2H])c([2H])c([2H])c3[2H])c([2H])c2N4c2c([2H])c([2H])c([2H])c([2H])c2-c2c([2H])c([2H])c([2H])c([2H])c2[2H])c([2H])c1[2H]. The fourth-order valence-corrected chi connectivity index (χ4v) is 8.14. The van der Waals surface area contributed by atoms with E-state index in [1.165, 1.54) is 0 Å². The van der Waals surface area contributed by atoms with Crippen LogP contribution >= 0.6 is 0 Å². The van der Waals surface area contributed by atoms with Crippen LogP contribution in [-0.2, 0) is 0 Å². The highest BCUT2D eigenvalue weighted by atomic mass is 15.2. The normalized spacial score (nSPS) is 21.4. The Labute approximate surface area is 468 Å². The molecule has 0 radical (unpaired) electrons. The Morgan fingerprint density at radius 2 is 0.522 bits per heavy atom.